The van der Waals surface area contributed by atoms with E-state index >= 15 is 0 Å². The zero-order valence-corrected chi connectivity index (χ0v) is 15.3. The highest BCUT2D eigenvalue weighted by Gasteiger charge is 2.14. The lowest BCUT2D eigenvalue weighted by atomic mass is 10.1. The fourth-order valence-corrected chi connectivity index (χ4v) is 2.90. The van der Waals surface area contributed by atoms with Crippen LogP contribution in [0, 0.1) is 0 Å². The second kappa shape index (κ2) is 7.84. The minimum Gasteiger partial charge on any atom is -0.497 e. The molecule has 3 aromatic carbocycles. The van der Waals surface area contributed by atoms with Crippen molar-refractivity contribution >= 4 is 22.5 Å². The van der Waals surface area contributed by atoms with Gasteiger partial charge >= 0.3 is 0 Å². The molecular weight excluding hydrogens is 354 g/mol. The molecule has 0 atom stereocenters. The Balaban J connectivity index is 1.46. The third-order valence-electron chi connectivity index (χ3n) is 4.36. The number of nitrogens with zero attached hydrogens (tertiary/aromatic N) is 1. The standard InChI is InChI=1S/C22H19N3O3/c1-27-19-11-16-13-23-25-21(16)20(12-19)22(26)24-17-7-9-18(10-8-17)28-14-15-5-3-2-4-6-15/h2-13H,14H2,1H3,(H,23,25)(H,24,26). The molecule has 0 fully saturated rings. The predicted molar refractivity (Wildman–Crippen MR) is 108 cm³/mol. The molecule has 0 bridgehead atoms. The van der Waals surface area contributed by atoms with Crippen LogP contribution in [0.1, 0.15) is 15.9 Å². The highest BCUT2D eigenvalue weighted by atomic mass is 16.5. The Bertz CT molecular complexity index is 1090. The molecule has 0 spiro atoms. The van der Waals surface area contributed by atoms with Crippen molar-refractivity contribution in [3.05, 3.63) is 84.1 Å². The van der Waals surface area contributed by atoms with Gasteiger partial charge in [-0.05, 0) is 42.0 Å². The van der Waals surface area contributed by atoms with Gasteiger partial charge in [-0.2, -0.15) is 5.10 Å². The van der Waals surface area contributed by atoms with Gasteiger partial charge in [0.25, 0.3) is 5.91 Å². The Kier molecular flexibility index (Phi) is 4.93. The summed E-state index contributed by atoms with van der Waals surface area (Å²) < 4.78 is 11.0. The molecule has 28 heavy (non-hydrogen) atoms. The van der Waals surface area contributed by atoms with E-state index in [0.717, 1.165) is 16.7 Å². The van der Waals surface area contributed by atoms with Crippen LogP contribution in [0.25, 0.3) is 10.9 Å². The summed E-state index contributed by atoms with van der Waals surface area (Å²) >= 11 is 0. The molecule has 0 saturated carbocycles. The summed E-state index contributed by atoms with van der Waals surface area (Å²) in [5, 5.41) is 10.6. The fourth-order valence-electron chi connectivity index (χ4n) is 2.90. The summed E-state index contributed by atoms with van der Waals surface area (Å²) in [6.45, 7) is 0.494. The largest absolute Gasteiger partial charge is 0.497 e. The molecule has 0 saturated heterocycles. The number of fused-ring (bicyclic) bond motifs is 1. The topological polar surface area (TPSA) is 76.2 Å². The van der Waals surface area contributed by atoms with Gasteiger partial charge < -0.3 is 14.8 Å². The van der Waals surface area contributed by atoms with Gasteiger partial charge in [-0.3, -0.25) is 9.89 Å². The maximum Gasteiger partial charge on any atom is 0.257 e. The van der Waals surface area contributed by atoms with Gasteiger partial charge in [-0.25, -0.2) is 0 Å². The van der Waals surface area contributed by atoms with Gasteiger partial charge in [0.1, 0.15) is 18.1 Å². The van der Waals surface area contributed by atoms with E-state index in [1.54, 1.807) is 19.4 Å². The monoisotopic (exact) mass is 373 g/mol. The number of hydrogen-bond donors (Lipinski definition) is 2. The van der Waals surface area contributed by atoms with Crippen LogP contribution in [-0.4, -0.2) is 23.2 Å². The number of amides is 1. The molecule has 0 aliphatic rings. The number of aromatic amines is 1. The molecule has 0 aliphatic carbocycles. The number of aromatic nitrogens is 2. The Labute approximate surface area is 162 Å². The first-order valence-electron chi connectivity index (χ1n) is 8.82. The summed E-state index contributed by atoms with van der Waals surface area (Å²) in [5.41, 5.74) is 2.91. The van der Waals surface area contributed by atoms with Crippen molar-refractivity contribution in [2.24, 2.45) is 0 Å². The first-order chi connectivity index (χ1) is 13.7. The number of anilines is 1. The quantitative estimate of drug-likeness (QED) is 0.525. The van der Waals surface area contributed by atoms with Crippen molar-refractivity contribution in [2.75, 3.05) is 12.4 Å². The molecule has 4 aromatic rings. The van der Waals surface area contributed by atoms with Gasteiger partial charge in [-0.15, -0.1) is 0 Å². The number of carbonyl (C=O) groups excluding carboxylic acids is 1. The highest BCUT2D eigenvalue weighted by Crippen LogP contribution is 2.25. The molecule has 2 N–H and O–H groups in total. The number of carbonyl (C=O) groups is 1. The Morgan fingerprint density at radius 2 is 1.82 bits per heavy atom. The van der Waals surface area contributed by atoms with E-state index in [0.29, 0.717) is 29.1 Å². The normalized spacial score (nSPS) is 10.6. The molecule has 140 valence electrons. The summed E-state index contributed by atoms with van der Waals surface area (Å²) in [6, 6.07) is 20.7. The lowest BCUT2D eigenvalue weighted by Gasteiger charge is -2.10. The maximum atomic E-state index is 12.7. The van der Waals surface area contributed by atoms with Gasteiger partial charge in [0, 0.05) is 11.1 Å². The van der Waals surface area contributed by atoms with Gasteiger partial charge in [0.2, 0.25) is 0 Å². The average Bonchev–Trinajstić information content (AvgIpc) is 3.22. The Hall–Kier alpha value is -3.80. The van der Waals surface area contributed by atoms with Crippen molar-refractivity contribution < 1.29 is 14.3 Å². The second-order valence-electron chi connectivity index (χ2n) is 6.26. The lowest BCUT2D eigenvalue weighted by Crippen LogP contribution is -2.12. The summed E-state index contributed by atoms with van der Waals surface area (Å²) in [7, 11) is 1.57. The van der Waals surface area contributed by atoms with Crippen LogP contribution in [0.3, 0.4) is 0 Å². The van der Waals surface area contributed by atoms with Crippen LogP contribution >= 0.6 is 0 Å². The molecule has 0 aliphatic heterocycles. The summed E-state index contributed by atoms with van der Waals surface area (Å²) in [5.74, 6) is 1.09. The van der Waals surface area contributed by atoms with Gasteiger partial charge in [0.15, 0.2) is 0 Å². The molecule has 6 heteroatoms. The first kappa shape index (κ1) is 17.6. The lowest BCUT2D eigenvalue weighted by molar-refractivity contribution is 0.102. The SMILES string of the molecule is COc1cc(C(=O)Nc2ccc(OCc3ccccc3)cc2)c2[nH]ncc2c1. The molecule has 1 aromatic heterocycles. The molecular formula is C22H19N3O3. The van der Waals surface area contributed by atoms with Crippen LogP contribution in [0.4, 0.5) is 5.69 Å². The minimum atomic E-state index is -0.244. The summed E-state index contributed by atoms with van der Waals surface area (Å²) in [4.78, 5) is 12.7. The van der Waals surface area contributed by atoms with Crippen molar-refractivity contribution in [1.82, 2.24) is 10.2 Å². The number of H-pyrrole nitrogens is 1. The minimum absolute atomic E-state index is 0.244. The van der Waals surface area contributed by atoms with E-state index in [2.05, 4.69) is 15.5 Å². The van der Waals surface area contributed by atoms with Crippen molar-refractivity contribution in [1.29, 1.82) is 0 Å². The molecule has 1 amide bonds. The van der Waals surface area contributed by atoms with Crippen molar-refractivity contribution in [3.63, 3.8) is 0 Å². The number of methoxy groups -OCH3 is 1. The first-order valence-corrected chi connectivity index (χ1v) is 8.82. The zero-order chi connectivity index (χ0) is 19.3. The number of nitrogens with one attached hydrogen (secondary N) is 2. The molecule has 4 rings (SSSR count). The summed E-state index contributed by atoms with van der Waals surface area (Å²) in [6.07, 6.45) is 1.66. The third-order valence-corrected chi connectivity index (χ3v) is 4.36. The van der Waals surface area contributed by atoms with Crippen LogP contribution in [0.5, 0.6) is 11.5 Å². The third kappa shape index (κ3) is 3.81. The second-order valence-corrected chi connectivity index (χ2v) is 6.26. The van der Waals surface area contributed by atoms with E-state index in [-0.39, 0.29) is 5.91 Å². The van der Waals surface area contributed by atoms with Gasteiger partial charge in [-0.1, -0.05) is 30.3 Å². The molecule has 0 radical (unpaired) electrons. The predicted octanol–water partition coefficient (Wildman–Crippen LogP) is 4.40. The van der Waals surface area contributed by atoms with E-state index in [9.17, 15) is 4.79 Å². The Morgan fingerprint density at radius 1 is 1.04 bits per heavy atom. The smallest absolute Gasteiger partial charge is 0.257 e. The van der Waals surface area contributed by atoms with Crippen LogP contribution in [0.15, 0.2) is 72.9 Å². The number of benzene rings is 3. The highest BCUT2D eigenvalue weighted by molar-refractivity contribution is 6.12. The Morgan fingerprint density at radius 3 is 2.57 bits per heavy atom. The maximum absolute atomic E-state index is 12.7. The molecule has 1 heterocycles. The van der Waals surface area contributed by atoms with Crippen LogP contribution in [-0.2, 0) is 6.61 Å². The number of ether oxygens (including phenoxy) is 2. The van der Waals surface area contributed by atoms with Crippen molar-refractivity contribution in [2.45, 2.75) is 6.61 Å². The van der Waals surface area contributed by atoms with Gasteiger partial charge in [0.05, 0.1) is 24.4 Å². The fraction of sp³-hybridized carbons (Fsp3) is 0.0909. The van der Waals surface area contributed by atoms with E-state index in [1.807, 2.05) is 60.7 Å². The average molecular weight is 373 g/mol. The van der Waals surface area contributed by atoms with E-state index in [1.165, 1.54) is 0 Å². The van der Waals surface area contributed by atoms with Crippen molar-refractivity contribution in [3.8, 4) is 11.5 Å². The van der Waals surface area contributed by atoms with E-state index < -0.39 is 0 Å². The number of hydrogen-bond acceptors (Lipinski definition) is 4. The zero-order valence-electron chi connectivity index (χ0n) is 15.3. The molecule has 0 unspecified atom stereocenters. The number of rotatable bonds is 6. The van der Waals surface area contributed by atoms with Crippen LogP contribution in [0.2, 0.25) is 0 Å². The van der Waals surface area contributed by atoms with Crippen LogP contribution < -0.4 is 14.8 Å². The molecule has 6 nitrogen and oxygen atoms in total. The van der Waals surface area contributed by atoms with E-state index in [4.69, 9.17) is 9.47 Å².